The van der Waals surface area contributed by atoms with Gasteiger partial charge in [-0.2, -0.15) is 0 Å². The lowest BCUT2D eigenvalue weighted by Crippen LogP contribution is -2.55. The molecule has 2 heterocycles. The van der Waals surface area contributed by atoms with Gasteiger partial charge in [-0.05, 0) is 50.4 Å². The average molecular weight is 323 g/mol. The summed E-state index contributed by atoms with van der Waals surface area (Å²) < 4.78 is 5.73. The van der Waals surface area contributed by atoms with Gasteiger partial charge in [-0.25, -0.2) is 0 Å². The summed E-state index contributed by atoms with van der Waals surface area (Å²) >= 11 is 0. The molecular formula is C17H23ClN2O2. The molecular weight excluding hydrogens is 300 g/mol. The van der Waals surface area contributed by atoms with Crippen molar-refractivity contribution < 1.29 is 9.53 Å². The summed E-state index contributed by atoms with van der Waals surface area (Å²) in [6, 6.07) is 8.40. The molecule has 22 heavy (non-hydrogen) atoms. The molecule has 120 valence electrons. The second-order valence-corrected chi connectivity index (χ2v) is 6.64. The fourth-order valence-electron chi connectivity index (χ4n) is 3.97. The minimum atomic E-state index is -0.640. The van der Waals surface area contributed by atoms with E-state index in [0.717, 1.165) is 38.2 Å². The normalized spacial score (nSPS) is 23.8. The number of nitrogens with one attached hydrogen (secondary N) is 1. The average Bonchev–Trinajstić information content (AvgIpc) is 3.25. The lowest BCUT2D eigenvalue weighted by Gasteiger charge is -2.38. The molecule has 5 heteroatoms. The Morgan fingerprint density at radius 3 is 2.50 bits per heavy atom. The molecule has 0 atom stereocenters. The van der Waals surface area contributed by atoms with Crippen LogP contribution in [0.2, 0.25) is 0 Å². The number of carbonyl (C=O) groups is 1. The zero-order valence-corrected chi connectivity index (χ0v) is 13.7. The van der Waals surface area contributed by atoms with Crippen molar-refractivity contribution in [1.82, 2.24) is 5.32 Å². The number of carbonyl (C=O) groups excluding carboxylic acids is 1. The summed E-state index contributed by atoms with van der Waals surface area (Å²) in [7, 11) is 1.68. The molecule has 2 aliphatic heterocycles. The number of ether oxygens (including phenoxy) is 1. The van der Waals surface area contributed by atoms with Crippen molar-refractivity contribution in [2.75, 3.05) is 31.6 Å². The molecule has 1 saturated heterocycles. The highest BCUT2D eigenvalue weighted by atomic mass is 35.5. The molecule has 0 bridgehead atoms. The van der Waals surface area contributed by atoms with Crippen molar-refractivity contribution in [2.24, 2.45) is 0 Å². The number of benzene rings is 1. The van der Waals surface area contributed by atoms with E-state index in [1.165, 1.54) is 18.4 Å². The first kappa shape index (κ1) is 15.8. The minimum absolute atomic E-state index is 0. The lowest BCUT2D eigenvalue weighted by molar-refractivity contribution is -0.143. The van der Waals surface area contributed by atoms with Crippen LogP contribution in [0.25, 0.3) is 0 Å². The van der Waals surface area contributed by atoms with Crippen LogP contribution in [0.4, 0.5) is 5.69 Å². The predicted molar refractivity (Wildman–Crippen MR) is 88.8 cm³/mol. The molecule has 4 rings (SSSR count). The third-order valence-electron chi connectivity index (χ3n) is 5.52. The molecule has 1 saturated carbocycles. The standard InChI is InChI=1S/C17H22N2O2.ClH/c1-21-17(8-10-18-11-9-17)15(20)19-12-16(6-7-16)13-4-2-3-5-14(13)19;/h2-5,18H,6-12H2,1H3;1H. The zero-order chi connectivity index (χ0) is 14.5. The summed E-state index contributed by atoms with van der Waals surface area (Å²) in [6.07, 6.45) is 3.92. The zero-order valence-electron chi connectivity index (χ0n) is 12.9. The fraction of sp³-hybridized carbons (Fsp3) is 0.588. The highest BCUT2D eigenvalue weighted by Gasteiger charge is 2.55. The van der Waals surface area contributed by atoms with Crippen molar-refractivity contribution >= 4 is 24.0 Å². The van der Waals surface area contributed by atoms with E-state index >= 15 is 0 Å². The van der Waals surface area contributed by atoms with E-state index < -0.39 is 5.60 Å². The van der Waals surface area contributed by atoms with E-state index in [1.54, 1.807) is 7.11 Å². The van der Waals surface area contributed by atoms with Gasteiger partial charge in [0.25, 0.3) is 5.91 Å². The molecule has 1 aromatic carbocycles. The summed E-state index contributed by atoms with van der Waals surface area (Å²) in [6.45, 7) is 2.53. The van der Waals surface area contributed by atoms with E-state index in [0.29, 0.717) is 0 Å². The fourth-order valence-corrected chi connectivity index (χ4v) is 3.97. The van der Waals surface area contributed by atoms with Gasteiger partial charge >= 0.3 is 0 Å². The first-order chi connectivity index (χ1) is 10.2. The smallest absolute Gasteiger partial charge is 0.259 e. The Morgan fingerprint density at radius 1 is 1.18 bits per heavy atom. The molecule has 1 N–H and O–H groups in total. The maximum atomic E-state index is 13.2. The van der Waals surface area contributed by atoms with Crippen LogP contribution in [0, 0.1) is 0 Å². The monoisotopic (exact) mass is 322 g/mol. The molecule has 1 spiro atoms. The van der Waals surface area contributed by atoms with Crippen molar-refractivity contribution in [1.29, 1.82) is 0 Å². The highest BCUT2D eigenvalue weighted by Crippen LogP contribution is 2.56. The number of nitrogens with zero attached hydrogens (tertiary/aromatic N) is 1. The Hall–Kier alpha value is -1.10. The van der Waals surface area contributed by atoms with Crippen molar-refractivity contribution in [3.8, 4) is 0 Å². The van der Waals surface area contributed by atoms with E-state index in [2.05, 4.69) is 23.5 Å². The van der Waals surface area contributed by atoms with Crippen LogP contribution in [0.15, 0.2) is 24.3 Å². The Kier molecular flexibility index (Phi) is 3.96. The molecule has 1 aromatic rings. The van der Waals surface area contributed by atoms with Gasteiger partial charge in [0, 0.05) is 24.8 Å². The van der Waals surface area contributed by atoms with E-state index in [1.807, 2.05) is 11.0 Å². The first-order valence-electron chi connectivity index (χ1n) is 7.88. The quantitative estimate of drug-likeness (QED) is 0.908. The summed E-state index contributed by atoms with van der Waals surface area (Å²) in [5, 5.41) is 3.32. The van der Waals surface area contributed by atoms with E-state index in [9.17, 15) is 4.79 Å². The van der Waals surface area contributed by atoms with Crippen molar-refractivity contribution in [3.05, 3.63) is 29.8 Å². The number of piperidine rings is 1. The van der Waals surface area contributed by atoms with Crippen LogP contribution < -0.4 is 10.2 Å². The maximum absolute atomic E-state index is 13.2. The van der Waals surface area contributed by atoms with E-state index in [-0.39, 0.29) is 23.7 Å². The number of hydrogen-bond donors (Lipinski definition) is 1. The van der Waals surface area contributed by atoms with Crippen LogP contribution in [0.5, 0.6) is 0 Å². The Bertz CT molecular complexity index is 580. The molecule has 4 nitrogen and oxygen atoms in total. The van der Waals surface area contributed by atoms with E-state index in [4.69, 9.17) is 4.74 Å². The SMILES string of the molecule is COC1(C(=O)N2CC3(CC3)c3ccccc32)CCNCC1.Cl. The van der Waals surface area contributed by atoms with Crippen LogP contribution in [0.1, 0.15) is 31.2 Å². The van der Waals surface area contributed by atoms with Gasteiger partial charge in [-0.15, -0.1) is 12.4 Å². The molecule has 0 unspecified atom stereocenters. The van der Waals surface area contributed by atoms with Crippen molar-refractivity contribution in [2.45, 2.75) is 36.7 Å². The summed E-state index contributed by atoms with van der Waals surface area (Å²) in [5.41, 5.74) is 2.07. The number of anilines is 1. The lowest BCUT2D eigenvalue weighted by atomic mass is 9.90. The predicted octanol–water partition coefficient (Wildman–Crippen LogP) is 2.26. The van der Waals surface area contributed by atoms with Gasteiger partial charge in [0.05, 0.1) is 0 Å². The number of para-hydroxylation sites is 1. The third-order valence-corrected chi connectivity index (χ3v) is 5.52. The highest BCUT2D eigenvalue weighted by molar-refractivity contribution is 6.02. The molecule has 2 fully saturated rings. The molecule has 0 aromatic heterocycles. The van der Waals surface area contributed by atoms with Crippen LogP contribution >= 0.6 is 12.4 Å². The van der Waals surface area contributed by atoms with Gasteiger partial charge in [0.15, 0.2) is 0 Å². The van der Waals surface area contributed by atoms with Crippen LogP contribution in [-0.2, 0) is 14.9 Å². The van der Waals surface area contributed by atoms with Gasteiger partial charge in [-0.1, -0.05) is 18.2 Å². The largest absolute Gasteiger partial charge is 0.368 e. The Labute approximate surface area is 137 Å². The molecule has 1 amide bonds. The van der Waals surface area contributed by atoms with Crippen LogP contribution in [0.3, 0.4) is 0 Å². The van der Waals surface area contributed by atoms with Gasteiger partial charge < -0.3 is 15.0 Å². The molecule has 1 aliphatic carbocycles. The Morgan fingerprint density at radius 2 is 1.86 bits per heavy atom. The molecule has 3 aliphatic rings. The number of methoxy groups -OCH3 is 1. The summed E-state index contributed by atoms with van der Waals surface area (Å²) in [5.74, 6) is 0.155. The number of rotatable bonds is 2. The number of amides is 1. The van der Waals surface area contributed by atoms with Gasteiger partial charge in [0.2, 0.25) is 0 Å². The van der Waals surface area contributed by atoms with Crippen LogP contribution in [-0.4, -0.2) is 38.3 Å². The van der Waals surface area contributed by atoms with Gasteiger partial charge in [0.1, 0.15) is 5.60 Å². The van der Waals surface area contributed by atoms with Crippen molar-refractivity contribution in [3.63, 3.8) is 0 Å². The maximum Gasteiger partial charge on any atom is 0.259 e. The number of halogens is 1. The number of fused-ring (bicyclic) bond motifs is 2. The summed E-state index contributed by atoms with van der Waals surface area (Å²) in [4.78, 5) is 15.2. The van der Waals surface area contributed by atoms with Gasteiger partial charge in [-0.3, -0.25) is 4.79 Å². The third kappa shape index (κ3) is 2.16. The second kappa shape index (κ2) is 5.52. The second-order valence-electron chi connectivity index (χ2n) is 6.64. The first-order valence-corrected chi connectivity index (χ1v) is 7.88. The molecule has 0 radical (unpaired) electrons. The Balaban J connectivity index is 0.00000144. The topological polar surface area (TPSA) is 41.6 Å². The number of hydrogen-bond acceptors (Lipinski definition) is 3. The minimum Gasteiger partial charge on any atom is -0.368 e.